The maximum absolute atomic E-state index is 11.5. The first kappa shape index (κ1) is 36.3. The molecule has 3 atom stereocenters. The Balaban J connectivity index is 4.32. The molecule has 0 unspecified atom stereocenters. The van der Waals surface area contributed by atoms with Gasteiger partial charge < -0.3 is 20.7 Å². The summed E-state index contributed by atoms with van der Waals surface area (Å²) >= 11 is 0. The Hall–Kier alpha value is -0.690. The highest BCUT2D eigenvalue weighted by molar-refractivity contribution is 5.75. The molecule has 6 nitrogen and oxygen atoms in total. The SMILES string of the molecule is CCCCCCCCCC[C@@H](O)CN(CCCC[C@H](N)C(=O)OC)C[C@H](O)CCCCCCCCCC. The molecule has 0 spiro atoms. The molecule has 0 aromatic carbocycles. The summed E-state index contributed by atoms with van der Waals surface area (Å²) in [6, 6.07) is -0.571. The summed E-state index contributed by atoms with van der Waals surface area (Å²) < 4.78 is 4.71. The summed E-state index contributed by atoms with van der Waals surface area (Å²) in [5, 5.41) is 21.4. The van der Waals surface area contributed by atoms with Crippen molar-refractivity contribution in [3.63, 3.8) is 0 Å². The molecule has 0 heterocycles. The van der Waals surface area contributed by atoms with E-state index in [1.807, 2.05) is 0 Å². The van der Waals surface area contributed by atoms with E-state index in [4.69, 9.17) is 10.5 Å². The molecule has 0 aromatic rings. The van der Waals surface area contributed by atoms with Crippen LogP contribution in [0, 0.1) is 0 Å². The first-order valence-electron chi connectivity index (χ1n) is 15.9. The summed E-state index contributed by atoms with van der Waals surface area (Å²) in [6.45, 7) is 6.51. The fraction of sp³-hybridized carbons (Fsp3) is 0.968. The van der Waals surface area contributed by atoms with Crippen LogP contribution in [0.15, 0.2) is 0 Å². The van der Waals surface area contributed by atoms with E-state index in [1.165, 1.54) is 97.0 Å². The second-order valence-electron chi connectivity index (χ2n) is 11.2. The van der Waals surface area contributed by atoms with E-state index in [9.17, 15) is 15.0 Å². The number of rotatable bonds is 28. The highest BCUT2D eigenvalue weighted by Gasteiger charge is 2.17. The quantitative estimate of drug-likeness (QED) is 0.0768. The van der Waals surface area contributed by atoms with Crippen LogP contribution < -0.4 is 5.73 Å². The molecule has 0 saturated carbocycles. The number of nitrogens with two attached hydrogens (primary N) is 1. The third-order valence-corrected chi connectivity index (χ3v) is 7.46. The molecule has 0 bridgehead atoms. The molecule has 0 rings (SSSR count). The maximum atomic E-state index is 11.5. The van der Waals surface area contributed by atoms with Gasteiger partial charge in [-0.05, 0) is 32.2 Å². The smallest absolute Gasteiger partial charge is 0.322 e. The maximum Gasteiger partial charge on any atom is 0.322 e. The van der Waals surface area contributed by atoms with Crippen LogP contribution in [0.25, 0.3) is 0 Å². The van der Waals surface area contributed by atoms with Gasteiger partial charge in [0.05, 0.1) is 19.3 Å². The van der Waals surface area contributed by atoms with Gasteiger partial charge in [-0.2, -0.15) is 0 Å². The van der Waals surface area contributed by atoms with E-state index in [-0.39, 0.29) is 18.2 Å². The zero-order valence-electron chi connectivity index (χ0n) is 24.9. The molecule has 0 radical (unpaired) electrons. The lowest BCUT2D eigenvalue weighted by Crippen LogP contribution is -2.39. The van der Waals surface area contributed by atoms with Crippen molar-refractivity contribution in [3.05, 3.63) is 0 Å². The van der Waals surface area contributed by atoms with Crippen molar-refractivity contribution in [3.8, 4) is 0 Å². The highest BCUT2D eigenvalue weighted by Crippen LogP contribution is 2.14. The number of carbonyl (C=O) groups excluding carboxylic acids is 1. The van der Waals surface area contributed by atoms with Crippen LogP contribution in [-0.4, -0.2) is 66.1 Å². The predicted molar refractivity (Wildman–Crippen MR) is 157 cm³/mol. The first-order chi connectivity index (χ1) is 17.9. The molecule has 0 aliphatic carbocycles. The van der Waals surface area contributed by atoms with Crippen molar-refractivity contribution < 1.29 is 19.7 Å². The van der Waals surface area contributed by atoms with Crippen molar-refractivity contribution in [2.75, 3.05) is 26.7 Å². The number of hydrogen-bond donors (Lipinski definition) is 3. The lowest BCUT2D eigenvalue weighted by molar-refractivity contribution is -0.142. The van der Waals surface area contributed by atoms with Crippen LogP contribution in [0.1, 0.15) is 149 Å². The van der Waals surface area contributed by atoms with E-state index in [0.29, 0.717) is 19.5 Å². The molecule has 0 saturated heterocycles. The van der Waals surface area contributed by atoms with Crippen LogP contribution in [0.3, 0.4) is 0 Å². The Labute approximate surface area is 230 Å². The summed E-state index contributed by atoms with van der Waals surface area (Å²) in [5.74, 6) is -0.363. The number of aliphatic hydroxyl groups is 2. The van der Waals surface area contributed by atoms with Crippen molar-refractivity contribution in [2.24, 2.45) is 5.73 Å². The fourth-order valence-corrected chi connectivity index (χ4v) is 5.03. The number of hydrogen-bond acceptors (Lipinski definition) is 6. The number of methoxy groups -OCH3 is 1. The van der Waals surface area contributed by atoms with Gasteiger partial charge in [0.2, 0.25) is 0 Å². The number of ether oxygens (including phenoxy) is 1. The Bertz CT molecular complexity index is 464. The van der Waals surface area contributed by atoms with Gasteiger partial charge in [0, 0.05) is 13.1 Å². The Morgan fingerprint density at radius 2 is 1.03 bits per heavy atom. The average molecular weight is 529 g/mol. The minimum atomic E-state index is -0.571. The topological polar surface area (TPSA) is 96.0 Å². The predicted octanol–water partition coefficient (Wildman–Crippen LogP) is 6.74. The van der Waals surface area contributed by atoms with Gasteiger partial charge in [0.1, 0.15) is 6.04 Å². The molecular weight excluding hydrogens is 464 g/mol. The number of unbranched alkanes of at least 4 members (excludes halogenated alkanes) is 15. The van der Waals surface area contributed by atoms with E-state index in [1.54, 1.807) is 0 Å². The van der Waals surface area contributed by atoms with Gasteiger partial charge in [-0.25, -0.2) is 0 Å². The van der Waals surface area contributed by atoms with Gasteiger partial charge >= 0.3 is 5.97 Å². The monoisotopic (exact) mass is 528 g/mol. The largest absolute Gasteiger partial charge is 0.468 e. The van der Waals surface area contributed by atoms with Crippen molar-refractivity contribution in [1.29, 1.82) is 0 Å². The molecule has 222 valence electrons. The van der Waals surface area contributed by atoms with E-state index < -0.39 is 6.04 Å². The second kappa shape index (κ2) is 26.9. The van der Waals surface area contributed by atoms with Crippen molar-refractivity contribution >= 4 is 5.97 Å². The number of esters is 1. The zero-order chi connectivity index (χ0) is 27.6. The Morgan fingerprint density at radius 3 is 1.43 bits per heavy atom. The molecule has 0 amide bonds. The van der Waals surface area contributed by atoms with Crippen LogP contribution in [0.5, 0.6) is 0 Å². The summed E-state index contributed by atoms with van der Waals surface area (Å²) in [7, 11) is 1.37. The fourth-order valence-electron chi connectivity index (χ4n) is 5.03. The van der Waals surface area contributed by atoms with E-state index >= 15 is 0 Å². The minimum Gasteiger partial charge on any atom is -0.468 e. The standard InChI is InChI=1S/C31H64N2O4/c1-4-6-8-10-12-14-16-18-22-28(34)26-33(25-21-20-24-30(32)31(36)37-3)27-29(35)23-19-17-15-13-11-9-7-5-2/h28-30,34-35H,4-27,32H2,1-3H3/t28-,29-,30+/m1/s1. The molecular formula is C31H64N2O4. The van der Waals surface area contributed by atoms with Gasteiger partial charge in [0.15, 0.2) is 0 Å². The minimum absolute atomic E-state index is 0.354. The van der Waals surface area contributed by atoms with Crippen LogP contribution >= 0.6 is 0 Å². The van der Waals surface area contributed by atoms with Crippen molar-refractivity contribution in [1.82, 2.24) is 4.90 Å². The molecule has 6 heteroatoms. The van der Waals surface area contributed by atoms with E-state index in [0.717, 1.165) is 45.1 Å². The van der Waals surface area contributed by atoms with Gasteiger partial charge in [-0.1, -0.05) is 123 Å². The zero-order valence-corrected chi connectivity index (χ0v) is 24.9. The second-order valence-corrected chi connectivity index (χ2v) is 11.2. The van der Waals surface area contributed by atoms with Gasteiger partial charge in [-0.15, -0.1) is 0 Å². The van der Waals surface area contributed by atoms with E-state index in [2.05, 4.69) is 18.7 Å². The molecule has 0 aliphatic heterocycles. The lowest BCUT2D eigenvalue weighted by Gasteiger charge is -2.27. The molecule has 0 fully saturated rings. The number of carbonyl (C=O) groups is 1. The molecule has 0 aliphatic rings. The van der Waals surface area contributed by atoms with Crippen LogP contribution in [-0.2, 0) is 9.53 Å². The molecule has 4 N–H and O–H groups in total. The average Bonchev–Trinajstić information content (AvgIpc) is 2.88. The Kier molecular flexibility index (Phi) is 26.4. The summed E-state index contributed by atoms with van der Waals surface area (Å²) in [6.07, 6.45) is 23.5. The summed E-state index contributed by atoms with van der Waals surface area (Å²) in [4.78, 5) is 13.7. The number of nitrogens with zero attached hydrogens (tertiary/aromatic N) is 1. The molecule has 37 heavy (non-hydrogen) atoms. The summed E-state index contributed by atoms with van der Waals surface area (Å²) in [5.41, 5.74) is 5.86. The lowest BCUT2D eigenvalue weighted by atomic mass is 10.0. The number of aliphatic hydroxyl groups excluding tert-OH is 2. The highest BCUT2D eigenvalue weighted by atomic mass is 16.5. The third kappa shape index (κ3) is 24.1. The van der Waals surface area contributed by atoms with Gasteiger partial charge in [0.25, 0.3) is 0 Å². The third-order valence-electron chi connectivity index (χ3n) is 7.46. The van der Waals surface area contributed by atoms with Crippen LogP contribution in [0.4, 0.5) is 0 Å². The van der Waals surface area contributed by atoms with Gasteiger partial charge in [-0.3, -0.25) is 9.69 Å². The first-order valence-corrected chi connectivity index (χ1v) is 15.9. The molecule has 0 aromatic heterocycles. The normalized spacial score (nSPS) is 14.1. The Morgan fingerprint density at radius 1 is 0.649 bits per heavy atom. The van der Waals surface area contributed by atoms with Crippen molar-refractivity contribution in [2.45, 2.75) is 167 Å². The van der Waals surface area contributed by atoms with Crippen LogP contribution in [0.2, 0.25) is 0 Å².